The average molecular weight is 419 g/mol. The van der Waals surface area contributed by atoms with Crippen LogP contribution in [0.1, 0.15) is 74.8 Å². The van der Waals surface area contributed by atoms with Crippen LogP contribution in [0, 0.1) is 5.92 Å². The zero-order chi connectivity index (χ0) is 19.9. The van der Waals surface area contributed by atoms with Crippen molar-refractivity contribution >= 4 is 28.3 Å². The van der Waals surface area contributed by atoms with Gasteiger partial charge in [0.1, 0.15) is 4.32 Å². The minimum Gasteiger partial charge on any atom is -0.358 e. The van der Waals surface area contributed by atoms with Gasteiger partial charge in [-0.2, -0.15) is 0 Å². The van der Waals surface area contributed by atoms with E-state index in [0.29, 0.717) is 6.04 Å². The molecule has 0 spiro atoms. The number of rotatable bonds is 6. The van der Waals surface area contributed by atoms with Crippen LogP contribution < -0.4 is 0 Å². The maximum absolute atomic E-state index is 5.78. The Bertz CT molecular complexity index is 600. The van der Waals surface area contributed by atoms with E-state index >= 15 is 0 Å². The summed E-state index contributed by atoms with van der Waals surface area (Å²) in [4.78, 5) is 4.64. The Morgan fingerprint density at radius 2 is 1.57 bits per heavy atom. The van der Waals surface area contributed by atoms with Gasteiger partial charge in [-0.05, 0) is 75.6 Å². The number of hydrogen-bond acceptors (Lipinski definition) is 3. The molecule has 0 bridgehead atoms. The SMILES string of the molecule is CN(C)Cc1ccc([C@H]2CC[C@H](N(C)C(=S)SCC3CCCCC3)CC2)cc1. The second kappa shape index (κ2) is 11.0. The fourth-order valence-electron chi connectivity index (χ4n) is 4.85. The van der Waals surface area contributed by atoms with E-state index in [-0.39, 0.29) is 0 Å². The second-order valence-electron chi connectivity index (χ2n) is 9.18. The Balaban J connectivity index is 1.43. The number of hydrogen-bond donors (Lipinski definition) is 0. The van der Waals surface area contributed by atoms with E-state index < -0.39 is 0 Å². The van der Waals surface area contributed by atoms with Gasteiger partial charge in [-0.15, -0.1) is 0 Å². The summed E-state index contributed by atoms with van der Waals surface area (Å²) in [7, 11) is 6.49. The molecule has 4 heteroatoms. The molecular weight excluding hydrogens is 380 g/mol. The van der Waals surface area contributed by atoms with Crippen molar-refractivity contribution < 1.29 is 0 Å². The van der Waals surface area contributed by atoms with E-state index in [1.54, 1.807) is 0 Å². The third kappa shape index (κ3) is 6.47. The molecule has 1 aromatic rings. The number of thiocarbonyl (C=S) groups is 1. The van der Waals surface area contributed by atoms with Gasteiger partial charge in [0.05, 0.1) is 0 Å². The second-order valence-corrected chi connectivity index (χ2v) is 10.8. The third-order valence-electron chi connectivity index (χ3n) is 6.65. The lowest BCUT2D eigenvalue weighted by molar-refractivity contribution is 0.266. The Morgan fingerprint density at radius 3 is 2.18 bits per heavy atom. The smallest absolute Gasteiger partial charge is 0.136 e. The molecule has 2 aliphatic rings. The number of nitrogens with zero attached hydrogens (tertiary/aromatic N) is 2. The van der Waals surface area contributed by atoms with Gasteiger partial charge >= 0.3 is 0 Å². The summed E-state index contributed by atoms with van der Waals surface area (Å²) in [6.45, 7) is 1.02. The van der Waals surface area contributed by atoms with Crippen LogP contribution in [-0.2, 0) is 6.54 Å². The molecule has 3 rings (SSSR count). The molecule has 0 radical (unpaired) electrons. The minimum atomic E-state index is 0.635. The Morgan fingerprint density at radius 1 is 0.929 bits per heavy atom. The molecule has 0 saturated heterocycles. The van der Waals surface area contributed by atoms with Crippen molar-refractivity contribution in [1.82, 2.24) is 9.80 Å². The highest BCUT2D eigenvalue weighted by Crippen LogP contribution is 2.36. The molecule has 0 amide bonds. The zero-order valence-electron chi connectivity index (χ0n) is 18.0. The van der Waals surface area contributed by atoms with Crippen molar-refractivity contribution in [3.8, 4) is 0 Å². The van der Waals surface area contributed by atoms with Crippen molar-refractivity contribution in [2.45, 2.75) is 76.3 Å². The number of thioether (sulfide) groups is 1. The molecule has 1 aromatic carbocycles. The first-order valence-corrected chi connectivity index (χ1v) is 12.6. The summed E-state index contributed by atoms with van der Waals surface area (Å²) in [5.74, 6) is 2.86. The fraction of sp³-hybridized carbons (Fsp3) is 0.708. The predicted octanol–water partition coefficient (Wildman–Crippen LogP) is 6.30. The normalized spacial score (nSPS) is 23.7. The minimum absolute atomic E-state index is 0.635. The highest BCUT2D eigenvalue weighted by molar-refractivity contribution is 8.22. The molecule has 2 nitrogen and oxygen atoms in total. The predicted molar refractivity (Wildman–Crippen MR) is 128 cm³/mol. The van der Waals surface area contributed by atoms with Crippen molar-refractivity contribution in [1.29, 1.82) is 0 Å². The van der Waals surface area contributed by atoms with Gasteiger partial charge in [-0.3, -0.25) is 0 Å². The van der Waals surface area contributed by atoms with Crippen LogP contribution in [0.25, 0.3) is 0 Å². The van der Waals surface area contributed by atoms with Gasteiger partial charge in [0.25, 0.3) is 0 Å². The lowest BCUT2D eigenvalue weighted by atomic mass is 9.81. The van der Waals surface area contributed by atoms with Gasteiger partial charge in [0.2, 0.25) is 0 Å². The summed E-state index contributed by atoms with van der Waals surface area (Å²) < 4.78 is 1.13. The van der Waals surface area contributed by atoms with E-state index in [4.69, 9.17) is 12.2 Å². The lowest BCUT2D eigenvalue weighted by Gasteiger charge is -2.36. The van der Waals surface area contributed by atoms with Crippen LogP contribution in [0.5, 0.6) is 0 Å². The van der Waals surface area contributed by atoms with E-state index in [1.165, 1.54) is 74.7 Å². The third-order valence-corrected chi connectivity index (χ3v) is 8.46. The van der Waals surface area contributed by atoms with E-state index in [0.717, 1.165) is 22.7 Å². The van der Waals surface area contributed by atoms with E-state index in [9.17, 15) is 0 Å². The lowest BCUT2D eigenvalue weighted by Crippen LogP contribution is -2.37. The summed E-state index contributed by atoms with van der Waals surface area (Å²) >= 11 is 7.72. The van der Waals surface area contributed by atoms with Crippen molar-refractivity contribution in [3.05, 3.63) is 35.4 Å². The monoisotopic (exact) mass is 418 g/mol. The Labute approximate surface area is 182 Å². The summed E-state index contributed by atoms with van der Waals surface area (Å²) in [5, 5.41) is 0. The van der Waals surface area contributed by atoms with Crippen LogP contribution in [0.3, 0.4) is 0 Å². The quantitative estimate of drug-likeness (QED) is 0.500. The summed E-state index contributed by atoms with van der Waals surface area (Å²) in [6, 6.07) is 9.97. The molecule has 0 aliphatic heterocycles. The highest BCUT2D eigenvalue weighted by Gasteiger charge is 2.26. The van der Waals surface area contributed by atoms with Crippen molar-refractivity contribution in [2.75, 3.05) is 26.9 Å². The highest BCUT2D eigenvalue weighted by atomic mass is 32.2. The average Bonchev–Trinajstić information content (AvgIpc) is 2.72. The van der Waals surface area contributed by atoms with Gasteiger partial charge in [-0.25, -0.2) is 0 Å². The van der Waals surface area contributed by atoms with Crippen molar-refractivity contribution in [3.63, 3.8) is 0 Å². The van der Waals surface area contributed by atoms with E-state index in [1.807, 2.05) is 11.8 Å². The van der Waals surface area contributed by atoms with Gasteiger partial charge in [-0.1, -0.05) is 67.5 Å². The Hall–Kier alpha value is -0.580. The standard InChI is InChI=1S/C24H38N2S2/c1-25(2)17-19-9-11-21(12-10-19)22-13-15-23(16-14-22)26(3)24(27)28-18-20-7-5-4-6-8-20/h9-12,20,22-23H,4-8,13-18H2,1-3H3/t22-,23-. The van der Waals surface area contributed by atoms with Gasteiger partial charge in [0, 0.05) is 25.4 Å². The topological polar surface area (TPSA) is 6.48 Å². The van der Waals surface area contributed by atoms with Crippen LogP contribution in [0.15, 0.2) is 24.3 Å². The maximum atomic E-state index is 5.78. The summed E-state index contributed by atoms with van der Waals surface area (Å²) in [5.41, 5.74) is 2.93. The maximum Gasteiger partial charge on any atom is 0.136 e. The largest absolute Gasteiger partial charge is 0.358 e. The number of benzene rings is 1. The molecule has 0 atom stereocenters. The van der Waals surface area contributed by atoms with Crippen LogP contribution >= 0.6 is 24.0 Å². The van der Waals surface area contributed by atoms with E-state index in [2.05, 4.69) is 55.2 Å². The molecule has 156 valence electrons. The molecule has 0 heterocycles. The molecule has 0 aromatic heterocycles. The fourth-order valence-corrected chi connectivity index (χ4v) is 6.27. The molecule has 0 unspecified atom stereocenters. The van der Waals surface area contributed by atoms with Gasteiger partial charge in [0.15, 0.2) is 0 Å². The molecule has 0 N–H and O–H groups in total. The zero-order valence-corrected chi connectivity index (χ0v) is 19.7. The molecule has 2 fully saturated rings. The van der Waals surface area contributed by atoms with Crippen LogP contribution in [-0.4, -0.2) is 47.1 Å². The molecule has 28 heavy (non-hydrogen) atoms. The Kier molecular flexibility index (Phi) is 8.68. The first-order valence-electron chi connectivity index (χ1n) is 11.2. The van der Waals surface area contributed by atoms with Crippen molar-refractivity contribution in [2.24, 2.45) is 5.92 Å². The van der Waals surface area contributed by atoms with Gasteiger partial charge < -0.3 is 9.80 Å². The summed E-state index contributed by atoms with van der Waals surface area (Å²) in [6.07, 6.45) is 12.2. The van der Waals surface area contributed by atoms with Crippen LogP contribution in [0.4, 0.5) is 0 Å². The molecule has 2 saturated carbocycles. The first-order chi connectivity index (χ1) is 13.5. The first kappa shape index (κ1) is 22.1. The molecular formula is C24H38N2S2. The molecule has 2 aliphatic carbocycles. The van der Waals surface area contributed by atoms with Crippen LogP contribution in [0.2, 0.25) is 0 Å².